The summed E-state index contributed by atoms with van der Waals surface area (Å²) in [5.41, 5.74) is 0. The molecule has 1 aromatic rings. The summed E-state index contributed by atoms with van der Waals surface area (Å²) < 4.78 is 28.2. The van der Waals surface area contributed by atoms with Crippen LogP contribution in [0.25, 0.3) is 0 Å². The molecule has 1 heterocycles. The van der Waals surface area contributed by atoms with Gasteiger partial charge in [-0.1, -0.05) is 26.7 Å². The van der Waals surface area contributed by atoms with E-state index in [4.69, 9.17) is 0 Å². The Kier molecular flexibility index (Phi) is 5.60. The Balaban J connectivity index is 2.03. The lowest BCUT2D eigenvalue weighted by Gasteiger charge is -2.28. The van der Waals surface area contributed by atoms with Gasteiger partial charge in [0.2, 0.25) is 10.0 Å². The normalized spacial score (nSPS) is 23.9. The van der Waals surface area contributed by atoms with Crippen molar-refractivity contribution in [1.29, 1.82) is 0 Å². The van der Waals surface area contributed by atoms with E-state index in [9.17, 15) is 8.42 Å². The van der Waals surface area contributed by atoms with Crippen LogP contribution in [0.4, 0.5) is 0 Å². The van der Waals surface area contributed by atoms with Crippen LogP contribution in [0.3, 0.4) is 0 Å². The monoisotopic (exact) mass is 316 g/mol. The molecule has 1 fully saturated rings. The van der Waals surface area contributed by atoms with Gasteiger partial charge in [-0.15, -0.1) is 11.3 Å². The van der Waals surface area contributed by atoms with E-state index in [1.807, 2.05) is 13.0 Å². The topological polar surface area (TPSA) is 58.2 Å². The zero-order valence-corrected chi connectivity index (χ0v) is 13.8. The van der Waals surface area contributed by atoms with Crippen molar-refractivity contribution < 1.29 is 8.42 Å². The van der Waals surface area contributed by atoms with Crippen molar-refractivity contribution in [3.05, 3.63) is 17.0 Å². The molecular weight excluding hydrogens is 292 g/mol. The molecule has 1 aliphatic carbocycles. The Morgan fingerprint density at radius 2 is 2.05 bits per heavy atom. The lowest BCUT2D eigenvalue weighted by atomic mass is 9.87. The van der Waals surface area contributed by atoms with Crippen molar-refractivity contribution in [3.8, 4) is 0 Å². The number of rotatable bonds is 6. The third kappa shape index (κ3) is 4.04. The molecule has 1 aromatic heterocycles. The van der Waals surface area contributed by atoms with Gasteiger partial charge in [0.1, 0.15) is 4.21 Å². The van der Waals surface area contributed by atoms with Crippen molar-refractivity contribution >= 4 is 21.4 Å². The molecule has 2 atom stereocenters. The average molecular weight is 316 g/mol. The number of thiophene rings is 1. The zero-order chi connectivity index (χ0) is 14.6. The van der Waals surface area contributed by atoms with Crippen LogP contribution in [-0.4, -0.2) is 21.0 Å². The van der Waals surface area contributed by atoms with Gasteiger partial charge in [-0.05, 0) is 37.4 Å². The Bertz CT molecular complexity index is 525. The van der Waals surface area contributed by atoms with E-state index in [0.29, 0.717) is 10.1 Å². The maximum atomic E-state index is 12.4. The Morgan fingerprint density at radius 3 is 2.75 bits per heavy atom. The molecule has 0 radical (unpaired) electrons. The highest BCUT2D eigenvalue weighted by Crippen LogP contribution is 2.27. The predicted octanol–water partition coefficient (Wildman–Crippen LogP) is 2.71. The minimum Gasteiger partial charge on any atom is -0.312 e. The van der Waals surface area contributed by atoms with Gasteiger partial charge in [-0.3, -0.25) is 0 Å². The Morgan fingerprint density at radius 1 is 1.30 bits per heavy atom. The van der Waals surface area contributed by atoms with Crippen LogP contribution in [0.5, 0.6) is 0 Å². The molecule has 20 heavy (non-hydrogen) atoms. The van der Waals surface area contributed by atoms with Crippen molar-refractivity contribution in [2.24, 2.45) is 5.92 Å². The van der Waals surface area contributed by atoms with Crippen LogP contribution >= 0.6 is 11.3 Å². The first-order valence-corrected chi connectivity index (χ1v) is 9.64. The first-order valence-electron chi connectivity index (χ1n) is 7.34. The second-order valence-electron chi connectivity index (χ2n) is 5.49. The minimum atomic E-state index is -3.36. The molecule has 0 amide bonds. The smallest absolute Gasteiger partial charge is 0.250 e. The summed E-state index contributed by atoms with van der Waals surface area (Å²) in [6.07, 6.45) is 4.40. The summed E-state index contributed by atoms with van der Waals surface area (Å²) >= 11 is 1.36. The van der Waals surface area contributed by atoms with Gasteiger partial charge in [-0.25, -0.2) is 13.1 Å². The lowest BCUT2D eigenvalue weighted by molar-refractivity contribution is 0.310. The van der Waals surface area contributed by atoms with Crippen molar-refractivity contribution in [3.63, 3.8) is 0 Å². The van der Waals surface area contributed by atoms with Crippen molar-refractivity contribution in [1.82, 2.24) is 10.0 Å². The predicted molar refractivity (Wildman–Crippen MR) is 83.4 cm³/mol. The van der Waals surface area contributed by atoms with Gasteiger partial charge in [0.15, 0.2) is 0 Å². The van der Waals surface area contributed by atoms with Crippen LogP contribution in [-0.2, 0) is 16.6 Å². The van der Waals surface area contributed by atoms with Crippen LogP contribution in [0, 0.1) is 5.92 Å². The summed E-state index contributed by atoms with van der Waals surface area (Å²) in [5, 5.41) is 3.21. The number of nitrogens with one attached hydrogen (secondary N) is 2. The van der Waals surface area contributed by atoms with Crippen LogP contribution < -0.4 is 10.0 Å². The summed E-state index contributed by atoms with van der Waals surface area (Å²) in [6, 6.07) is 3.70. The summed E-state index contributed by atoms with van der Waals surface area (Å²) in [7, 11) is -3.36. The third-order valence-corrected chi connectivity index (χ3v) is 6.94. The van der Waals surface area contributed by atoms with Gasteiger partial charge in [0.05, 0.1) is 0 Å². The molecule has 0 bridgehead atoms. The maximum absolute atomic E-state index is 12.4. The van der Waals surface area contributed by atoms with E-state index in [1.165, 1.54) is 17.8 Å². The molecule has 2 N–H and O–H groups in total. The molecule has 2 unspecified atom stereocenters. The summed E-state index contributed by atoms with van der Waals surface area (Å²) in [6.45, 7) is 5.79. The lowest BCUT2D eigenvalue weighted by Crippen LogP contribution is -2.40. The quantitative estimate of drug-likeness (QED) is 0.848. The molecule has 0 aliphatic heterocycles. The summed E-state index contributed by atoms with van der Waals surface area (Å²) in [5.74, 6) is 0.430. The first-order chi connectivity index (χ1) is 9.53. The van der Waals surface area contributed by atoms with E-state index >= 15 is 0 Å². The number of hydrogen-bond acceptors (Lipinski definition) is 4. The molecule has 0 spiro atoms. The molecule has 0 aromatic carbocycles. The Labute approximate surface area is 126 Å². The van der Waals surface area contributed by atoms with Gasteiger partial charge >= 0.3 is 0 Å². The van der Waals surface area contributed by atoms with Crippen molar-refractivity contribution in [2.75, 3.05) is 6.54 Å². The second-order valence-corrected chi connectivity index (χ2v) is 8.60. The van der Waals surface area contributed by atoms with Crippen LogP contribution in [0.1, 0.15) is 44.4 Å². The SMILES string of the molecule is CCNCc1ccc(S(=O)(=O)NC2CCCCC2C)s1. The first kappa shape index (κ1) is 15.9. The number of hydrogen-bond donors (Lipinski definition) is 2. The van der Waals surface area contributed by atoms with Gasteiger partial charge in [0, 0.05) is 17.5 Å². The highest BCUT2D eigenvalue weighted by atomic mass is 32.2. The molecule has 2 rings (SSSR count). The highest BCUT2D eigenvalue weighted by molar-refractivity contribution is 7.91. The molecule has 0 saturated heterocycles. The van der Waals surface area contributed by atoms with Crippen LogP contribution in [0.15, 0.2) is 16.3 Å². The maximum Gasteiger partial charge on any atom is 0.250 e. The largest absolute Gasteiger partial charge is 0.312 e. The molecule has 1 aliphatic rings. The van der Waals surface area contributed by atoms with E-state index in [2.05, 4.69) is 17.0 Å². The standard InChI is InChI=1S/C14H24N2O2S2/c1-3-15-10-12-8-9-14(19-12)20(17,18)16-13-7-5-4-6-11(13)2/h8-9,11,13,15-16H,3-7,10H2,1-2H3. The third-order valence-electron chi connectivity index (χ3n) is 3.87. The van der Waals surface area contributed by atoms with Gasteiger partial charge < -0.3 is 5.32 Å². The molecule has 1 saturated carbocycles. The average Bonchev–Trinajstić information content (AvgIpc) is 2.88. The second kappa shape index (κ2) is 7.02. The van der Waals surface area contributed by atoms with Crippen molar-refractivity contribution in [2.45, 2.75) is 56.3 Å². The van der Waals surface area contributed by atoms with Gasteiger partial charge in [0.25, 0.3) is 0 Å². The summed E-state index contributed by atoms with van der Waals surface area (Å²) in [4.78, 5) is 1.06. The van der Waals surface area contributed by atoms with Gasteiger partial charge in [-0.2, -0.15) is 0 Å². The van der Waals surface area contributed by atoms with E-state index < -0.39 is 10.0 Å². The fourth-order valence-corrected chi connectivity index (χ4v) is 5.32. The van der Waals surface area contributed by atoms with Crippen LogP contribution in [0.2, 0.25) is 0 Å². The van der Waals surface area contributed by atoms with E-state index in [0.717, 1.165) is 37.2 Å². The molecular formula is C14H24N2O2S2. The molecule has 6 heteroatoms. The van der Waals surface area contributed by atoms with E-state index in [-0.39, 0.29) is 6.04 Å². The Hall–Kier alpha value is -0.430. The number of sulfonamides is 1. The van der Waals surface area contributed by atoms with E-state index in [1.54, 1.807) is 6.07 Å². The zero-order valence-electron chi connectivity index (χ0n) is 12.2. The molecule has 114 valence electrons. The highest BCUT2D eigenvalue weighted by Gasteiger charge is 2.27. The minimum absolute atomic E-state index is 0.0908. The fraction of sp³-hybridized carbons (Fsp3) is 0.714. The molecule has 4 nitrogen and oxygen atoms in total. The fourth-order valence-electron chi connectivity index (χ4n) is 2.59.